The van der Waals surface area contributed by atoms with Crippen molar-refractivity contribution in [3.05, 3.63) is 29.3 Å². The average Bonchev–Trinajstić information content (AvgIpc) is 2.66. The zero-order chi connectivity index (χ0) is 21.2. The van der Waals surface area contributed by atoms with Gasteiger partial charge in [-0.25, -0.2) is 0 Å². The summed E-state index contributed by atoms with van der Waals surface area (Å²) in [6.45, 7) is 1.26. The lowest BCUT2D eigenvalue weighted by Gasteiger charge is -2.37. The highest BCUT2D eigenvalue weighted by Crippen LogP contribution is 2.37. The molecule has 0 spiro atoms. The van der Waals surface area contributed by atoms with Gasteiger partial charge in [0.2, 0.25) is 0 Å². The van der Waals surface area contributed by atoms with Crippen LogP contribution in [0.4, 0.5) is 26.3 Å². The Morgan fingerprint density at radius 1 is 1.03 bits per heavy atom. The average molecular weight is 461 g/mol. The van der Waals surface area contributed by atoms with Crippen molar-refractivity contribution in [3.8, 4) is 5.75 Å². The van der Waals surface area contributed by atoms with Crippen molar-refractivity contribution < 1.29 is 35.9 Å². The van der Waals surface area contributed by atoms with Gasteiger partial charge in [-0.1, -0.05) is 6.07 Å². The van der Waals surface area contributed by atoms with Crippen molar-refractivity contribution in [1.29, 1.82) is 0 Å². The summed E-state index contributed by atoms with van der Waals surface area (Å²) in [6.07, 6.45) is -7.89. The lowest BCUT2D eigenvalue weighted by atomic mass is 9.89. The Morgan fingerprint density at radius 2 is 1.70 bits per heavy atom. The van der Waals surface area contributed by atoms with Gasteiger partial charge < -0.3 is 15.0 Å². The minimum absolute atomic E-state index is 0. The van der Waals surface area contributed by atoms with Crippen molar-refractivity contribution in [2.45, 2.75) is 56.6 Å². The molecular weight excluding hydrogens is 438 g/mol. The SMILES string of the molecule is Cl.O=C(c1ccc(C2CCNCC2)cc1OC(F)(F)F)N1CCCCC1C(F)(F)F. The minimum Gasteiger partial charge on any atom is -0.405 e. The molecule has 0 aromatic heterocycles. The highest BCUT2D eigenvalue weighted by molar-refractivity contribution is 5.97. The molecular formula is C19H23ClF6N2O2. The van der Waals surface area contributed by atoms with Crippen molar-refractivity contribution in [3.63, 3.8) is 0 Å². The lowest BCUT2D eigenvalue weighted by molar-refractivity contribution is -0.274. The van der Waals surface area contributed by atoms with Gasteiger partial charge in [0.05, 0.1) is 5.56 Å². The van der Waals surface area contributed by atoms with E-state index in [1.54, 1.807) is 0 Å². The molecule has 4 nitrogen and oxygen atoms in total. The Morgan fingerprint density at radius 3 is 2.30 bits per heavy atom. The molecule has 3 rings (SSSR count). The molecule has 170 valence electrons. The summed E-state index contributed by atoms with van der Waals surface area (Å²) in [5.74, 6) is -1.85. The lowest BCUT2D eigenvalue weighted by Crippen LogP contribution is -2.51. The summed E-state index contributed by atoms with van der Waals surface area (Å²) < 4.78 is 82.8. The molecule has 0 aliphatic carbocycles. The van der Waals surface area contributed by atoms with Crippen LogP contribution in [0.5, 0.6) is 5.75 Å². The van der Waals surface area contributed by atoms with Crippen LogP contribution in [-0.2, 0) is 0 Å². The maximum Gasteiger partial charge on any atom is 0.573 e. The number of hydrogen-bond donors (Lipinski definition) is 1. The molecule has 30 heavy (non-hydrogen) atoms. The first kappa shape index (κ1) is 24.6. The molecule has 2 aliphatic heterocycles. The van der Waals surface area contributed by atoms with E-state index >= 15 is 0 Å². The first-order chi connectivity index (χ1) is 13.6. The number of carbonyl (C=O) groups is 1. The smallest absolute Gasteiger partial charge is 0.405 e. The van der Waals surface area contributed by atoms with Crippen LogP contribution in [0.15, 0.2) is 18.2 Å². The van der Waals surface area contributed by atoms with Crippen molar-refractivity contribution in [2.24, 2.45) is 0 Å². The zero-order valence-corrected chi connectivity index (χ0v) is 16.8. The summed E-state index contributed by atoms with van der Waals surface area (Å²) in [5, 5.41) is 3.15. The highest BCUT2D eigenvalue weighted by atomic mass is 35.5. The molecule has 2 heterocycles. The van der Waals surface area contributed by atoms with Gasteiger partial charge >= 0.3 is 12.5 Å². The minimum atomic E-state index is -5.06. The molecule has 1 aromatic carbocycles. The monoisotopic (exact) mass is 460 g/mol. The van der Waals surface area contributed by atoms with Crippen LogP contribution in [0, 0.1) is 0 Å². The standard InChI is InChI=1S/C19H22F6N2O2.ClH/c20-18(21,22)16-3-1-2-10-27(16)17(28)14-5-4-13(12-6-8-26-9-7-12)11-15(14)29-19(23,24)25;/h4-5,11-12,16,26H,1-3,6-10H2;1H. The van der Waals surface area contributed by atoms with E-state index in [1.807, 2.05) is 0 Å². The fraction of sp³-hybridized carbons (Fsp3) is 0.632. The Hall–Kier alpha value is -1.68. The third-order valence-corrected chi connectivity index (χ3v) is 5.41. The maximum atomic E-state index is 13.3. The van der Waals surface area contributed by atoms with Crippen molar-refractivity contribution >= 4 is 18.3 Å². The van der Waals surface area contributed by atoms with Gasteiger partial charge in [-0.15, -0.1) is 25.6 Å². The maximum absolute atomic E-state index is 13.3. The number of carbonyl (C=O) groups excluding carboxylic acids is 1. The number of nitrogens with zero attached hydrogens (tertiary/aromatic N) is 1. The number of rotatable bonds is 3. The number of benzene rings is 1. The Labute approximate surface area is 176 Å². The number of alkyl halides is 6. The molecule has 1 atom stereocenters. The van der Waals surface area contributed by atoms with Gasteiger partial charge in [0, 0.05) is 6.54 Å². The predicted octanol–water partition coefficient (Wildman–Crippen LogP) is 5.03. The molecule has 2 saturated heterocycles. The van der Waals surface area contributed by atoms with Crippen LogP contribution in [0.3, 0.4) is 0 Å². The number of likely N-dealkylation sites (tertiary alicyclic amines) is 1. The topological polar surface area (TPSA) is 41.6 Å². The summed E-state index contributed by atoms with van der Waals surface area (Å²) in [6, 6.07) is 1.80. The number of ether oxygens (including phenoxy) is 1. The Balaban J connectivity index is 0.00000320. The molecule has 2 fully saturated rings. The Bertz CT molecular complexity index is 735. The highest BCUT2D eigenvalue weighted by Gasteiger charge is 2.47. The van der Waals surface area contributed by atoms with E-state index in [2.05, 4.69) is 10.1 Å². The summed E-state index contributed by atoms with van der Waals surface area (Å²) in [5.41, 5.74) is 0.0736. The van der Waals surface area contributed by atoms with Gasteiger partial charge in [-0.05, 0) is 68.8 Å². The molecule has 11 heteroatoms. The fourth-order valence-corrected chi connectivity index (χ4v) is 4.00. The zero-order valence-electron chi connectivity index (χ0n) is 16.0. The van der Waals surface area contributed by atoms with E-state index in [4.69, 9.17) is 0 Å². The number of nitrogens with one attached hydrogen (secondary N) is 1. The number of amides is 1. The van der Waals surface area contributed by atoms with E-state index in [1.165, 1.54) is 6.07 Å². The third kappa shape index (κ3) is 5.94. The van der Waals surface area contributed by atoms with E-state index in [0.717, 1.165) is 12.1 Å². The van der Waals surface area contributed by atoms with E-state index in [-0.39, 0.29) is 31.3 Å². The molecule has 0 radical (unpaired) electrons. The van der Waals surface area contributed by atoms with Crippen molar-refractivity contribution in [2.75, 3.05) is 19.6 Å². The van der Waals surface area contributed by atoms with Gasteiger partial charge in [0.1, 0.15) is 11.8 Å². The molecule has 1 N–H and O–H groups in total. The quantitative estimate of drug-likeness (QED) is 0.643. The molecule has 0 saturated carbocycles. The van der Waals surface area contributed by atoms with Crippen LogP contribution in [0.2, 0.25) is 0 Å². The van der Waals surface area contributed by atoms with E-state index in [0.29, 0.717) is 49.2 Å². The van der Waals surface area contributed by atoms with Crippen molar-refractivity contribution in [1.82, 2.24) is 10.2 Å². The number of halogens is 7. The summed E-state index contributed by atoms with van der Waals surface area (Å²) in [4.78, 5) is 13.4. The summed E-state index contributed by atoms with van der Waals surface area (Å²) in [7, 11) is 0. The third-order valence-electron chi connectivity index (χ3n) is 5.41. The number of piperidine rings is 2. The van der Waals surface area contributed by atoms with Gasteiger partial charge in [0.15, 0.2) is 0 Å². The molecule has 0 bridgehead atoms. The normalized spacial score (nSPS) is 21.1. The van der Waals surface area contributed by atoms with Gasteiger partial charge in [0.25, 0.3) is 5.91 Å². The van der Waals surface area contributed by atoms with Crippen LogP contribution in [0.25, 0.3) is 0 Å². The van der Waals surface area contributed by atoms with Gasteiger partial charge in [-0.2, -0.15) is 13.2 Å². The fourth-order valence-electron chi connectivity index (χ4n) is 4.00. The second-order valence-corrected chi connectivity index (χ2v) is 7.38. The first-order valence-corrected chi connectivity index (χ1v) is 9.54. The molecule has 1 amide bonds. The molecule has 1 aromatic rings. The van der Waals surface area contributed by atoms with E-state index < -0.39 is 35.8 Å². The predicted molar refractivity (Wildman–Crippen MR) is 99.9 cm³/mol. The van der Waals surface area contributed by atoms with Gasteiger partial charge in [-0.3, -0.25) is 4.79 Å². The first-order valence-electron chi connectivity index (χ1n) is 9.54. The largest absolute Gasteiger partial charge is 0.573 e. The number of hydrogen-bond acceptors (Lipinski definition) is 3. The molecule has 2 aliphatic rings. The van der Waals surface area contributed by atoms with Crippen LogP contribution in [0.1, 0.15) is 53.9 Å². The van der Waals surface area contributed by atoms with Crippen LogP contribution < -0.4 is 10.1 Å². The summed E-state index contributed by atoms with van der Waals surface area (Å²) >= 11 is 0. The van der Waals surface area contributed by atoms with Crippen LogP contribution >= 0.6 is 12.4 Å². The Kier molecular flexibility index (Phi) is 7.90. The second kappa shape index (κ2) is 9.64. The van der Waals surface area contributed by atoms with E-state index in [9.17, 15) is 31.1 Å². The second-order valence-electron chi connectivity index (χ2n) is 7.38. The molecule has 1 unspecified atom stereocenters. The van der Waals surface area contributed by atoms with Crippen LogP contribution in [-0.4, -0.2) is 49.0 Å².